The minimum absolute atomic E-state index is 0.0293. The van der Waals surface area contributed by atoms with Crippen molar-refractivity contribution in [2.45, 2.75) is 13.0 Å². The second-order valence-electron chi connectivity index (χ2n) is 3.62. The van der Waals surface area contributed by atoms with Crippen molar-refractivity contribution in [3.63, 3.8) is 0 Å². The summed E-state index contributed by atoms with van der Waals surface area (Å²) >= 11 is 0. The Hall–Kier alpha value is -1.82. The van der Waals surface area contributed by atoms with Crippen LogP contribution in [0.5, 0.6) is 0 Å². The molecule has 0 spiro atoms. The van der Waals surface area contributed by atoms with E-state index in [4.69, 9.17) is 16.6 Å². The number of pyridine rings is 1. The number of hydrogen-bond donors (Lipinski definition) is 3. The molecule has 6 heteroatoms. The van der Waals surface area contributed by atoms with Crippen LogP contribution in [0.4, 0.5) is 11.5 Å². The average molecular weight is 224 g/mol. The number of amides is 1. The van der Waals surface area contributed by atoms with E-state index in [-0.39, 0.29) is 18.3 Å². The van der Waals surface area contributed by atoms with Crippen molar-refractivity contribution in [1.82, 2.24) is 4.98 Å². The van der Waals surface area contributed by atoms with Gasteiger partial charge in [0.15, 0.2) is 5.82 Å². The van der Waals surface area contributed by atoms with Crippen molar-refractivity contribution >= 4 is 17.4 Å². The Morgan fingerprint density at radius 2 is 2.25 bits per heavy atom. The first kappa shape index (κ1) is 12.3. The fourth-order valence-corrected chi connectivity index (χ4v) is 1.21. The minimum atomic E-state index is -0.605. The Labute approximate surface area is 93.9 Å². The van der Waals surface area contributed by atoms with Gasteiger partial charge in [0.1, 0.15) is 5.69 Å². The third-order valence-corrected chi connectivity index (χ3v) is 2.42. The molecule has 1 atom stereocenters. The van der Waals surface area contributed by atoms with E-state index in [1.807, 2.05) is 6.92 Å². The van der Waals surface area contributed by atoms with E-state index in [0.29, 0.717) is 11.5 Å². The number of hydrogen-bond acceptors (Lipinski definition) is 5. The van der Waals surface area contributed by atoms with Crippen molar-refractivity contribution in [2.75, 3.05) is 24.3 Å². The van der Waals surface area contributed by atoms with Crippen LogP contribution in [0.2, 0.25) is 0 Å². The van der Waals surface area contributed by atoms with E-state index in [2.05, 4.69) is 4.98 Å². The highest BCUT2D eigenvalue weighted by Gasteiger charge is 2.15. The number of carbonyl (C=O) groups excluding carboxylic acids is 1. The van der Waals surface area contributed by atoms with Gasteiger partial charge in [-0.25, -0.2) is 4.98 Å². The molecule has 1 heterocycles. The number of nitrogen functional groups attached to an aromatic ring is 1. The Morgan fingerprint density at radius 3 is 2.75 bits per heavy atom. The Bertz CT molecular complexity index is 394. The number of likely N-dealkylation sites (N-methyl/N-ethyl adjacent to an activating group) is 1. The van der Waals surface area contributed by atoms with Crippen molar-refractivity contribution < 1.29 is 9.90 Å². The Kier molecular flexibility index (Phi) is 3.68. The van der Waals surface area contributed by atoms with Gasteiger partial charge in [-0.15, -0.1) is 0 Å². The number of carbonyl (C=O) groups is 1. The standard InChI is InChI=1S/C10H16N4O2/c1-6(5-15)14(2)10-7(11)3-4-8(13-10)9(12)16/h3-4,6,15H,5,11H2,1-2H3,(H2,12,16). The van der Waals surface area contributed by atoms with Crippen LogP contribution in [-0.4, -0.2) is 35.7 Å². The number of nitrogens with two attached hydrogens (primary N) is 2. The molecule has 1 unspecified atom stereocenters. The highest BCUT2D eigenvalue weighted by Crippen LogP contribution is 2.21. The molecule has 5 N–H and O–H groups in total. The summed E-state index contributed by atoms with van der Waals surface area (Å²) in [4.78, 5) is 16.7. The smallest absolute Gasteiger partial charge is 0.267 e. The second-order valence-corrected chi connectivity index (χ2v) is 3.62. The van der Waals surface area contributed by atoms with E-state index < -0.39 is 5.91 Å². The number of anilines is 2. The van der Waals surface area contributed by atoms with E-state index in [9.17, 15) is 4.79 Å². The van der Waals surface area contributed by atoms with Gasteiger partial charge in [0, 0.05) is 7.05 Å². The molecule has 0 saturated carbocycles. The van der Waals surface area contributed by atoms with Crippen LogP contribution in [-0.2, 0) is 0 Å². The van der Waals surface area contributed by atoms with Crippen molar-refractivity contribution in [1.29, 1.82) is 0 Å². The highest BCUT2D eigenvalue weighted by molar-refractivity contribution is 5.91. The van der Waals surface area contributed by atoms with Gasteiger partial charge >= 0.3 is 0 Å². The summed E-state index contributed by atoms with van der Waals surface area (Å²) in [6, 6.07) is 2.90. The van der Waals surface area contributed by atoms with Crippen LogP contribution in [0.25, 0.3) is 0 Å². The first-order valence-corrected chi connectivity index (χ1v) is 4.87. The molecule has 0 aromatic carbocycles. The van der Waals surface area contributed by atoms with Crippen LogP contribution in [0.15, 0.2) is 12.1 Å². The van der Waals surface area contributed by atoms with E-state index in [1.54, 1.807) is 18.0 Å². The number of primary amides is 1. The monoisotopic (exact) mass is 224 g/mol. The molecule has 0 bridgehead atoms. The van der Waals surface area contributed by atoms with Gasteiger partial charge in [0.05, 0.1) is 18.3 Å². The van der Waals surface area contributed by atoms with Gasteiger partial charge in [-0.2, -0.15) is 0 Å². The lowest BCUT2D eigenvalue weighted by molar-refractivity contribution is 0.0995. The number of nitrogens with zero attached hydrogens (tertiary/aromatic N) is 2. The minimum Gasteiger partial charge on any atom is -0.396 e. The number of rotatable bonds is 4. The summed E-state index contributed by atoms with van der Waals surface area (Å²) in [6.07, 6.45) is 0. The molecule has 0 radical (unpaired) electrons. The van der Waals surface area contributed by atoms with E-state index >= 15 is 0 Å². The lowest BCUT2D eigenvalue weighted by Crippen LogP contribution is -2.33. The van der Waals surface area contributed by atoms with Crippen LogP contribution >= 0.6 is 0 Å². The first-order chi connectivity index (χ1) is 7.47. The van der Waals surface area contributed by atoms with Crippen LogP contribution in [0, 0.1) is 0 Å². The van der Waals surface area contributed by atoms with Gasteiger partial charge in [-0.3, -0.25) is 4.79 Å². The van der Waals surface area contributed by atoms with E-state index in [1.165, 1.54) is 6.07 Å². The molecule has 0 aliphatic carbocycles. The predicted octanol–water partition coefficient (Wildman–Crippen LogP) is -0.420. The molecule has 1 amide bonds. The third-order valence-electron chi connectivity index (χ3n) is 2.42. The molecule has 0 aliphatic rings. The zero-order valence-electron chi connectivity index (χ0n) is 9.34. The summed E-state index contributed by atoms with van der Waals surface area (Å²) in [7, 11) is 1.74. The maximum atomic E-state index is 11.0. The van der Waals surface area contributed by atoms with Gasteiger partial charge in [-0.1, -0.05) is 0 Å². The summed E-state index contributed by atoms with van der Waals surface area (Å²) < 4.78 is 0. The Balaban J connectivity index is 3.11. The molecular weight excluding hydrogens is 208 g/mol. The number of aliphatic hydroxyl groups is 1. The number of aromatic nitrogens is 1. The average Bonchev–Trinajstić information content (AvgIpc) is 2.27. The maximum Gasteiger partial charge on any atom is 0.267 e. The molecule has 16 heavy (non-hydrogen) atoms. The van der Waals surface area contributed by atoms with Crippen LogP contribution in [0.3, 0.4) is 0 Å². The first-order valence-electron chi connectivity index (χ1n) is 4.87. The quantitative estimate of drug-likeness (QED) is 0.644. The fraction of sp³-hybridized carbons (Fsp3) is 0.400. The normalized spacial score (nSPS) is 12.2. The van der Waals surface area contributed by atoms with Crippen LogP contribution in [0.1, 0.15) is 17.4 Å². The van der Waals surface area contributed by atoms with Crippen molar-refractivity contribution in [3.8, 4) is 0 Å². The fourth-order valence-electron chi connectivity index (χ4n) is 1.21. The zero-order chi connectivity index (χ0) is 12.3. The molecule has 1 rings (SSSR count). The third kappa shape index (κ3) is 2.40. The van der Waals surface area contributed by atoms with Crippen molar-refractivity contribution in [3.05, 3.63) is 17.8 Å². The lowest BCUT2D eigenvalue weighted by Gasteiger charge is -2.25. The predicted molar refractivity (Wildman–Crippen MR) is 62.1 cm³/mol. The summed E-state index contributed by atoms with van der Waals surface area (Å²) in [6.45, 7) is 1.79. The largest absolute Gasteiger partial charge is 0.396 e. The van der Waals surface area contributed by atoms with Gasteiger partial charge < -0.3 is 21.5 Å². The molecule has 0 saturated heterocycles. The zero-order valence-corrected chi connectivity index (χ0v) is 9.34. The molecule has 0 fully saturated rings. The second kappa shape index (κ2) is 4.80. The summed E-state index contributed by atoms with van der Waals surface area (Å²) in [5.74, 6) is -0.163. The molecule has 6 nitrogen and oxygen atoms in total. The van der Waals surface area contributed by atoms with Crippen LogP contribution < -0.4 is 16.4 Å². The summed E-state index contributed by atoms with van der Waals surface area (Å²) in [5, 5.41) is 9.03. The van der Waals surface area contributed by atoms with Gasteiger partial charge in [0.2, 0.25) is 0 Å². The van der Waals surface area contributed by atoms with Crippen molar-refractivity contribution in [2.24, 2.45) is 5.73 Å². The topological polar surface area (TPSA) is 105 Å². The van der Waals surface area contributed by atoms with Gasteiger partial charge in [0.25, 0.3) is 5.91 Å². The van der Waals surface area contributed by atoms with Gasteiger partial charge in [-0.05, 0) is 19.1 Å². The Morgan fingerprint density at radius 1 is 1.62 bits per heavy atom. The lowest BCUT2D eigenvalue weighted by atomic mass is 10.2. The SMILES string of the molecule is CC(CO)N(C)c1nc(C(N)=O)ccc1N. The molecule has 1 aromatic heterocycles. The number of aliphatic hydroxyl groups excluding tert-OH is 1. The molecular formula is C10H16N4O2. The maximum absolute atomic E-state index is 11.0. The molecule has 88 valence electrons. The molecule has 1 aromatic rings. The summed E-state index contributed by atoms with van der Waals surface area (Å²) in [5.41, 5.74) is 11.5. The van der Waals surface area contributed by atoms with E-state index in [0.717, 1.165) is 0 Å². The molecule has 0 aliphatic heterocycles. The highest BCUT2D eigenvalue weighted by atomic mass is 16.3.